The van der Waals surface area contributed by atoms with Crippen LogP contribution >= 0.6 is 0 Å². The van der Waals surface area contributed by atoms with Crippen LogP contribution < -0.4 is 4.74 Å². The molecule has 0 aliphatic carbocycles. The Bertz CT molecular complexity index is 363. The van der Waals surface area contributed by atoms with Crippen molar-refractivity contribution >= 4 is 5.90 Å². The zero-order valence-electron chi connectivity index (χ0n) is 11.0. The maximum atomic E-state index is 7.32. The second-order valence-corrected chi connectivity index (χ2v) is 5.00. The fourth-order valence-corrected chi connectivity index (χ4v) is 1.41. The van der Waals surface area contributed by atoms with E-state index in [9.17, 15) is 0 Å². The van der Waals surface area contributed by atoms with Crippen LogP contribution in [0.5, 0.6) is 5.75 Å². The largest absolute Gasteiger partial charge is 0.493 e. The number of nitrogens with one attached hydrogen (secondary N) is 1. The number of benzene rings is 1. The van der Waals surface area contributed by atoms with Crippen LogP contribution in [0.3, 0.4) is 0 Å². The molecule has 1 N–H and O–H groups in total. The molecular weight excluding hydrogens is 214 g/mol. The van der Waals surface area contributed by atoms with Gasteiger partial charge in [0.2, 0.25) is 0 Å². The third kappa shape index (κ3) is 4.47. The lowest BCUT2D eigenvalue weighted by molar-refractivity contribution is 0.307. The highest BCUT2D eigenvalue weighted by Crippen LogP contribution is 2.24. The van der Waals surface area contributed by atoms with Gasteiger partial charge >= 0.3 is 0 Å². The van der Waals surface area contributed by atoms with Crippen LogP contribution in [0.25, 0.3) is 0 Å². The molecule has 0 fully saturated rings. The summed E-state index contributed by atoms with van der Waals surface area (Å²) in [5.74, 6) is 1.08. The van der Waals surface area contributed by atoms with E-state index in [-0.39, 0.29) is 11.3 Å². The summed E-state index contributed by atoms with van der Waals surface area (Å²) in [5, 5.41) is 7.32. The average molecular weight is 235 g/mol. The number of ether oxygens (including phenoxy) is 2. The standard InChI is InChI=1S/C14H21NO2/c1-14(2,3)11-5-7-12(8-6-11)17-10-9-13(15)16-4/h5-8,15H,9-10H2,1-4H3. The Balaban J connectivity index is 2.49. The third-order valence-corrected chi connectivity index (χ3v) is 2.56. The molecule has 0 aliphatic heterocycles. The molecule has 1 aromatic carbocycles. The molecule has 0 saturated heterocycles. The fraction of sp³-hybridized carbons (Fsp3) is 0.500. The van der Waals surface area contributed by atoms with Gasteiger partial charge in [-0.05, 0) is 23.1 Å². The van der Waals surface area contributed by atoms with Crippen molar-refractivity contribution in [2.45, 2.75) is 32.6 Å². The molecule has 3 nitrogen and oxygen atoms in total. The normalized spacial score (nSPS) is 11.1. The monoisotopic (exact) mass is 235 g/mol. The van der Waals surface area contributed by atoms with Crippen LogP contribution in [0.2, 0.25) is 0 Å². The van der Waals surface area contributed by atoms with Crippen molar-refractivity contribution in [1.82, 2.24) is 0 Å². The molecule has 1 aromatic rings. The van der Waals surface area contributed by atoms with E-state index in [0.29, 0.717) is 13.0 Å². The third-order valence-electron chi connectivity index (χ3n) is 2.56. The van der Waals surface area contributed by atoms with Crippen LogP contribution in [0.1, 0.15) is 32.8 Å². The highest BCUT2D eigenvalue weighted by Gasteiger charge is 2.12. The van der Waals surface area contributed by atoms with Crippen LogP contribution in [-0.2, 0) is 10.2 Å². The first-order valence-corrected chi connectivity index (χ1v) is 5.78. The molecule has 0 bridgehead atoms. The Kier molecular flexibility index (Phi) is 4.55. The lowest BCUT2D eigenvalue weighted by Gasteiger charge is -2.19. The quantitative estimate of drug-likeness (QED) is 0.642. The summed E-state index contributed by atoms with van der Waals surface area (Å²) in [6.07, 6.45) is 0.498. The molecular formula is C14H21NO2. The van der Waals surface area contributed by atoms with E-state index in [1.54, 1.807) is 0 Å². The molecule has 0 spiro atoms. The summed E-state index contributed by atoms with van der Waals surface area (Å²) in [6, 6.07) is 8.10. The minimum atomic E-state index is 0.163. The topological polar surface area (TPSA) is 42.3 Å². The molecule has 0 unspecified atom stereocenters. The average Bonchev–Trinajstić information content (AvgIpc) is 2.28. The zero-order valence-corrected chi connectivity index (χ0v) is 11.0. The highest BCUT2D eigenvalue weighted by molar-refractivity contribution is 5.72. The Morgan fingerprint density at radius 1 is 1.18 bits per heavy atom. The van der Waals surface area contributed by atoms with Gasteiger partial charge in [-0.15, -0.1) is 0 Å². The van der Waals surface area contributed by atoms with Gasteiger partial charge in [-0.1, -0.05) is 32.9 Å². The number of rotatable bonds is 4. The van der Waals surface area contributed by atoms with Crippen molar-refractivity contribution in [3.05, 3.63) is 29.8 Å². The molecule has 0 radical (unpaired) electrons. The van der Waals surface area contributed by atoms with Crippen LogP contribution in [-0.4, -0.2) is 19.6 Å². The molecule has 1 rings (SSSR count). The Labute approximate surface area is 103 Å². The SMILES string of the molecule is COC(=N)CCOc1ccc(C(C)(C)C)cc1. The van der Waals surface area contributed by atoms with E-state index < -0.39 is 0 Å². The van der Waals surface area contributed by atoms with E-state index in [2.05, 4.69) is 32.9 Å². The first-order valence-electron chi connectivity index (χ1n) is 5.78. The van der Waals surface area contributed by atoms with Crippen molar-refractivity contribution in [3.63, 3.8) is 0 Å². The van der Waals surface area contributed by atoms with Crippen molar-refractivity contribution < 1.29 is 9.47 Å². The summed E-state index contributed by atoms with van der Waals surface area (Å²) in [4.78, 5) is 0. The van der Waals surface area contributed by atoms with Gasteiger partial charge in [-0.25, -0.2) is 0 Å². The maximum Gasteiger partial charge on any atom is 0.183 e. The van der Waals surface area contributed by atoms with Crippen LogP contribution in [0.15, 0.2) is 24.3 Å². The smallest absolute Gasteiger partial charge is 0.183 e. The Morgan fingerprint density at radius 3 is 2.24 bits per heavy atom. The van der Waals surface area contributed by atoms with Crippen LogP contribution in [0, 0.1) is 5.41 Å². The molecule has 3 heteroatoms. The minimum Gasteiger partial charge on any atom is -0.493 e. The molecule has 0 aromatic heterocycles. The summed E-state index contributed by atoms with van der Waals surface area (Å²) >= 11 is 0. The first kappa shape index (κ1) is 13.6. The van der Waals surface area contributed by atoms with Crippen LogP contribution in [0.4, 0.5) is 0 Å². The summed E-state index contributed by atoms with van der Waals surface area (Å²) in [6.45, 7) is 7.02. The number of hydrogen-bond donors (Lipinski definition) is 1. The molecule has 0 amide bonds. The summed E-state index contributed by atoms with van der Waals surface area (Å²) in [5.41, 5.74) is 1.45. The van der Waals surface area contributed by atoms with Crippen molar-refractivity contribution in [3.8, 4) is 5.75 Å². The fourth-order valence-electron chi connectivity index (χ4n) is 1.41. The summed E-state index contributed by atoms with van der Waals surface area (Å²) < 4.78 is 10.3. The predicted octanol–water partition coefficient (Wildman–Crippen LogP) is 3.38. The van der Waals surface area contributed by atoms with Crippen molar-refractivity contribution in [2.24, 2.45) is 0 Å². The van der Waals surface area contributed by atoms with Gasteiger partial charge in [-0.2, -0.15) is 0 Å². The van der Waals surface area contributed by atoms with Gasteiger partial charge in [-0.3, -0.25) is 5.41 Å². The lowest BCUT2D eigenvalue weighted by Crippen LogP contribution is -2.11. The Morgan fingerprint density at radius 2 is 1.76 bits per heavy atom. The van der Waals surface area contributed by atoms with Crippen molar-refractivity contribution in [1.29, 1.82) is 5.41 Å². The van der Waals surface area contributed by atoms with E-state index in [4.69, 9.17) is 14.9 Å². The number of methoxy groups -OCH3 is 1. The molecule has 94 valence electrons. The molecule has 0 saturated carbocycles. The van der Waals surface area contributed by atoms with E-state index in [0.717, 1.165) is 5.75 Å². The van der Waals surface area contributed by atoms with E-state index in [1.165, 1.54) is 12.7 Å². The first-order chi connectivity index (χ1) is 7.93. The van der Waals surface area contributed by atoms with Gasteiger partial charge in [0, 0.05) is 0 Å². The zero-order chi connectivity index (χ0) is 12.9. The van der Waals surface area contributed by atoms with Gasteiger partial charge in [0.15, 0.2) is 5.90 Å². The second-order valence-electron chi connectivity index (χ2n) is 5.00. The van der Waals surface area contributed by atoms with Crippen molar-refractivity contribution in [2.75, 3.05) is 13.7 Å². The molecule has 0 aliphatic rings. The molecule has 0 atom stereocenters. The van der Waals surface area contributed by atoms with Gasteiger partial charge in [0.25, 0.3) is 0 Å². The van der Waals surface area contributed by atoms with Gasteiger partial charge in [0.1, 0.15) is 5.75 Å². The molecule has 0 heterocycles. The predicted molar refractivity (Wildman–Crippen MR) is 70.0 cm³/mol. The lowest BCUT2D eigenvalue weighted by atomic mass is 9.87. The van der Waals surface area contributed by atoms with E-state index >= 15 is 0 Å². The van der Waals surface area contributed by atoms with Gasteiger partial charge < -0.3 is 9.47 Å². The Hall–Kier alpha value is -1.51. The molecule has 17 heavy (non-hydrogen) atoms. The number of hydrogen-bond acceptors (Lipinski definition) is 3. The maximum absolute atomic E-state index is 7.32. The van der Waals surface area contributed by atoms with Gasteiger partial charge in [0.05, 0.1) is 20.1 Å². The highest BCUT2D eigenvalue weighted by atomic mass is 16.5. The van der Waals surface area contributed by atoms with E-state index in [1.807, 2.05) is 12.1 Å². The second kappa shape index (κ2) is 5.71. The minimum absolute atomic E-state index is 0.163. The summed E-state index contributed by atoms with van der Waals surface area (Å²) in [7, 11) is 1.50.